The van der Waals surface area contributed by atoms with Crippen molar-refractivity contribution in [2.45, 2.75) is 13.8 Å². The molecule has 0 unspecified atom stereocenters. The van der Waals surface area contributed by atoms with E-state index < -0.39 is 11.9 Å². The maximum Gasteiger partial charge on any atom is 0.323 e. The normalized spacial score (nSPS) is 10.2. The molecule has 0 saturated heterocycles. The Labute approximate surface area is 122 Å². The molecule has 0 aliphatic rings. The number of hydrogen-bond donors (Lipinski definition) is 3. The number of nitrogens with two attached hydrogens (primary N) is 1. The lowest BCUT2D eigenvalue weighted by molar-refractivity contribution is 0.0992. The average molecular weight is 287 g/mol. The van der Waals surface area contributed by atoms with Gasteiger partial charge in [-0.15, -0.1) is 0 Å². The topological polar surface area (TPSA) is 102 Å². The van der Waals surface area contributed by atoms with Crippen molar-refractivity contribution in [2.24, 2.45) is 12.8 Å². The quantitative estimate of drug-likeness (QED) is 0.801. The van der Waals surface area contributed by atoms with E-state index >= 15 is 0 Å². The standard InChI is InChI=1S/C14H17N5O2/c1-8-5-4-6-10(9(8)2)17-14(21)18-11-7-16-19(3)12(11)13(15)20/h4-7H,1-3H3,(H2,15,20)(H2,17,18,21). The molecule has 3 amide bonds. The number of amides is 3. The lowest BCUT2D eigenvalue weighted by atomic mass is 10.1. The molecule has 0 atom stereocenters. The van der Waals surface area contributed by atoms with Crippen molar-refractivity contribution in [3.05, 3.63) is 41.2 Å². The number of nitrogens with one attached hydrogen (secondary N) is 2. The number of anilines is 2. The van der Waals surface area contributed by atoms with Gasteiger partial charge in [0.1, 0.15) is 5.69 Å². The van der Waals surface area contributed by atoms with Crippen molar-refractivity contribution in [1.82, 2.24) is 9.78 Å². The summed E-state index contributed by atoms with van der Waals surface area (Å²) in [4.78, 5) is 23.4. The highest BCUT2D eigenvalue weighted by Gasteiger charge is 2.16. The Kier molecular flexibility index (Phi) is 3.93. The number of aromatic nitrogens is 2. The second-order valence-corrected chi connectivity index (χ2v) is 4.72. The van der Waals surface area contributed by atoms with Crippen molar-refractivity contribution in [3.8, 4) is 0 Å². The Morgan fingerprint density at radius 1 is 1.19 bits per heavy atom. The zero-order chi connectivity index (χ0) is 15.6. The van der Waals surface area contributed by atoms with Gasteiger partial charge in [0, 0.05) is 12.7 Å². The molecular formula is C14H17N5O2. The molecule has 110 valence electrons. The molecule has 4 N–H and O–H groups in total. The fraction of sp³-hybridized carbons (Fsp3) is 0.214. The number of carbonyl (C=O) groups excluding carboxylic acids is 2. The number of carbonyl (C=O) groups is 2. The minimum absolute atomic E-state index is 0.145. The van der Waals surface area contributed by atoms with Crippen LogP contribution in [0.15, 0.2) is 24.4 Å². The summed E-state index contributed by atoms with van der Waals surface area (Å²) in [5.41, 5.74) is 8.44. The van der Waals surface area contributed by atoms with Gasteiger partial charge in [-0.05, 0) is 31.0 Å². The Hall–Kier alpha value is -2.83. The third kappa shape index (κ3) is 3.02. The molecule has 0 bridgehead atoms. The van der Waals surface area contributed by atoms with Crippen LogP contribution < -0.4 is 16.4 Å². The van der Waals surface area contributed by atoms with Gasteiger partial charge in [0.15, 0.2) is 0 Å². The minimum atomic E-state index is -0.656. The number of urea groups is 1. The molecule has 21 heavy (non-hydrogen) atoms. The number of hydrogen-bond acceptors (Lipinski definition) is 3. The summed E-state index contributed by atoms with van der Waals surface area (Å²) in [5.74, 6) is -0.656. The third-order valence-electron chi connectivity index (χ3n) is 3.27. The van der Waals surface area contributed by atoms with E-state index in [1.54, 1.807) is 13.1 Å². The summed E-state index contributed by atoms with van der Waals surface area (Å²) in [6.45, 7) is 3.88. The Bertz CT molecular complexity index is 705. The van der Waals surface area contributed by atoms with Crippen LogP contribution in [0.5, 0.6) is 0 Å². The zero-order valence-electron chi connectivity index (χ0n) is 12.1. The molecule has 0 spiro atoms. The van der Waals surface area contributed by atoms with Crippen LogP contribution in [0.2, 0.25) is 0 Å². The van der Waals surface area contributed by atoms with Gasteiger partial charge in [-0.3, -0.25) is 9.48 Å². The molecule has 1 heterocycles. The molecular weight excluding hydrogens is 270 g/mol. The van der Waals surface area contributed by atoms with Crippen LogP contribution in [0.1, 0.15) is 21.6 Å². The van der Waals surface area contributed by atoms with E-state index in [1.807, 2.05) is 26.0 Å². The minimum Gasteiger partial charge on any atom is -0.364 e. The van der Waals surface area contributed by atoms with Crippen LogP contribution in [0.4, 0.5) is 16.2 Å². The van der Waals surface area contributed by atoms with Crippen LogP contribution in [-0.4, -0.2) is 21.7 Å². The lowest BCUT2D eigenvalue weighted by Gasteiger charge is -2.11. The summed E-state index contributed by atoms with van der Waals surface area (Å²) in [7, 11) is 1.58. The monoisotopic (exact) mass is 287 g/mol. The molecule has 0 aliphatic heterocycles. The van der Waals surface area contributed by atoms with Gasteiger partial charge in [0.2, 0.25) is 0 Å². The molecule has 1 aromatic heterocycles. The molecule has 0 radical (unpaired) electrons. The summed E-state index contributed by atoms with van der Waals surface area (Å²) in [5, 5.41) is 9.21. The van der Waals surface area contributed by atoms with Gasteiger partial charge in [-0.1, -0.05) is 12.1 Å². The number of rotatable bonds is 3. The van der Waals surface area contributed by atoms with E-state index in [-0.39, 0.29) is 11.4 Å². The van der Waals surface area contributed by atoms with Crippen LogP contribution in [-0.2, 0) is 7.05 Å². The third-order valence-corrected chi connectivity index (χ3v) is 3.27. The number of benzene rings is 1. The highest BCUT2D eigenvalue weighted by molar-refractivity contribution is 6.05. The van der Waals surface area contributed by atoms with Crippen LogP contribution in [0.3, 0.4) is 0 Å². The molecule has 0 fully saturated rings. The van der Waals surface area contributed by atoms with Gasteiger partial charge in [0.25, 0.3) is 5.91 Å². The molecule has 1 aromatic carbocycles. The predicted molar refractivity (Wildman–Crippen MR) is 80.3 cm³/mol. The first-order valence-electron chi connectivity index (χ1n) is 6.36. The Morgan fingerprint density at radius 3 is 2.52 bits per heavy atom. The second kappa shape index (κ2) is 5.66. The molecule has 7 heteroatoms. The molecule has 2 rings (SSSR count). The fourth-order valence-corrected chi connectivity index (χ4v) is 1.98. The highest BCUT2D eigenvalue weighted by atomic mass is 16.2. The zero-order valence-corrected chi connectivity index (χ0v) is 12.1. The van der Waals surface area contributed by atoms with Gasteiger partial charge in [-0.2, -0.15) is 5.10 Å². The molecule has 0 saturated carbocycles. The summed E-state index contributed by atoms with van der Waals surface area (Å²) in [6, 6.07) is 5.17. The summed E-state index contributed by atoms with van der Waals surface area (Å²) >= 11 is 0. The highest BCUT2D eigenvalue weighted by Crippen LogP contribution is 2.19. The SMILES string of the molecule is Cc1cccc(NC(=O)Nc2cnn(C)c2C(N)=O)c1C. The Balaban J connectivity index is 2.16. The largest absolute Gasteiger partial charge is 0.364 e. The van der Waals surface area contributed by atoms with Crippen molar-refractivity contribution >= 4 is 23.3 Å². The van der Waals surface area contributed by atoms with Crippen LogP contribution >= 0.6 is 0 Å². The molecule has 0 aliphatic carbocycles. The lowest BCUT2D eigenvalue weighted by Crippen LogP contribution is -2.23. The van der Waals surface area contributed by atoms with Gasteiger partial charge >= 0.3 is 6.03 Å². The average Bonchev–Trinajstić information content (AvgIpc) is 2.76. The maximum atomic E-state index is 12.0. The number of primary amides is 1. The van der Waals surface area contributed by atoms with Crippen molar-refractivity contribution in [2.75, 3.05) is 10.6 Å². The van der Waals surface area contributed by atoms with Crippen molar-refractivity contribution in [1.29, 1.82) is 0 Å². The maximum absolute atomic E-state index is 12.0. The first kappa shape index (κ1) is 14.6. The van der Waals surface area contributed by atoms with Crippen LogP contribution in [0.25, 0.3) is 0 Å². The summed E-state index contributed by atoms with van der Waals surface area (Å²) in [6.07, 6.45) is 1.38. The van der Waals surface area contributed by atoms with E-state index in [0.717, 1.165) is 11.1 Å². The molecule has 7 nitrogen and oxygen atoms in total. The van der Waals surface area contributed by atoms with E-state index in [9.17, 15) is 9.59 Å². The van der Waals surface area contributed by atoms with Gasteiger partial charge in [-0.25, -0.2) is 4.79 Å². The van der Waals surface area contributed by atoms with Crippen molar-refractivity contribution < 1.29 is 9.59 Å². The first-order valence-corrected chi connectivity index (χ1v) is 6.36. The van der Waals surface area contributed by atoms with Gasteiger partial charge < -0.3 is 16.4 Å². The Morgan fingerprint density at radius 2 is 1.86 bits per heavy atom. The van der Waals surface area contributed by atoms with E-state index in [1.165, 1.54) is 10.9 Å². The fourth-order valence-electron chi connectivity index (χ4n) is 1.98. The smallest absolute Gasteiger partial charge is 0.323 e. The first-order chi connectivity index (χ1) is 9.90. The van der Waals surface area contributed by atoms with E-state index in [4.69, 9.17) is 5.73 Å². The number of aryl methyl sites for hydroxylation is 2. The number of nitrogens with zero attached hydrogens (tertiary/aromatic N) is 2. The van der Waals surface area contributed by atoms with E-state index in [0.29, 0.717) is 5.69 Å². The second-order valence-electron chi connectivity index (χ2n) is 4.72. The van der Waals surface area contributed by atoms with Crippen LogP contribution in [0, 0.1) is 13.8 Å². The summed E-state index contributed by atoms with van der Waals surface area (Å²) < 4.78 is 1.32. The van der Waals surface area contributed by atoms with Gasteiger partial charge in [0.05, 0.1) is 11.9 Å². The van der Waals surface area contributed by atoms with Crippen molar-refractivity contribution in [3.63, 3.8) is 0 Å². The molecule has 2 aromatic rings. The predicted octanol–water partition coefficient (Wildman–Crippen LogP) is 1.78. The van der Waals surface area contributed by atoms with E-state index in [2.05, 4.69) is 15.7 Å².